The fraction of sp³-hybridized carbons (Fsp3) is 0.333. The molecule has 14 heteroatoms. The number of anilines is 2. The van der Waals surface area contributed by atoms with E-state index in [1.54, 1.807) is 0 Å². The largest absolute Gasteiger partial charge is 0.435 e. The number of nitrogens with zero attached hydrogens (tertiary/aromatic N) is 4. The third-order valence-corrected chi connectivity index (χ3v) is 5.18. The molecular weight excluding hydrogens is 462 g/mol. The molecule has 0 radical (unpaired) electrons. The quantitative estimate of drug-likeness (QED) is 0.401. The van der Waals surface area contributed by atoms with Crippen LogP contribution in [0.3, 0.4) is 0 Å². The Labute approximate surface area is 181 Å². The summed E-state index contributed by atoms with van der Waals surface area (Å²) in [7, 11) is 1.39. The molecule has 32 heavy (non-hydrogen) atoms. The Morgan fingerprint density at radius 2 is 1.84 bits per heavy atom. The number of amides is 1. The Morgan fingerprint density at radius 1 is 1.12 bits per heavy atom. The summed E-state index contributed by atoms with van der Waals surface area (Å²) in [6, 6.07) is 2.40. The van der Waals surface area contributed by atoms with E-state index in [2.05, 4.69) is 25.8 Å². The van der Waals surface area contributed by atoms with Crippen molar-refractivity contribution >= 4 is 34.8 Å². The lowest BCUT2D eigenvalue weighted by molar-refractivity contribution is -0.141. The SMILES string of the molecule is CCSc1c(CC(=O)Nc2cc(C(F)(F)F)nnc2NC)nc2cc(C(F)(F)F)ccn12. The van der Waals surface area contributed by atoms with E-state index in [1.165, 1.54) is 29.4 Å². The van der Waals surface area contributed by atoms with E-state index in [0.717, 1.165) is 12.1 Å². The van der Waals surface area contributed by atoms with E-state index in [4.69, 9.17) is 0 Å². The molecule has 3 aromatic rings. The van der Waals surface area contributed by atoms with Gasteiger partial charge in [0.25, 0.3) is 0 Å². The van der Waals surface area contributed by atoms with Crippen LogP contribution in [0, 0.1) is 0 Å². The van der Waals surface area contributed by atoms with Crippen LogP contribution in [0.2, 0.25) is 0 Å². The Bertz CT molecular complexity index is 1140. The molecule has 3 rings (SSSR count). The second-order valence-corrected chi connectivity index (χ2v) is 7.66. The molecule has 0 saturated heterocycles. The van der Waals surface area contributed by atoms with Crippen LogP contribution in [0.25, 0.3) is 5.65 Å². The van der Waals surface area contributed by atoms with E-state index in [9.17, 15) is 31.1 Å². The van der Waals surface area contributed by atoms with Gasteiger partial charge < -0.3 is 10.6 Å². The molecule has 1 amide bonds. The molecule has 0 aromatic carbocycles. The van der Waals surface area contributed by atoms with Gasteiger partial charge in [-0.05, 0) is 24.0 Å². The van der Waals surface area contributed by atoms with Crippen LogP contribution in [0.15, 0.2) is 29.4 Å². The van der Waals surface area contributed by atoms with Crippen molar-refractivity contribution in [1.29, 1.82) is 0 Å². The van der Waals surface area contributed by atoms with Crippen molar-refractivity contribution in [3.05, 3.63) is 41.3 Å². The van der Waals surface area contributed by atoms with Gasteiger partial charge in [0.2, 0.25) is 5.91 Å². The van der Waals surface area contributed by atoms with E-state index >= 15 is 0 Å². The highest BCUT2D eigenvalue weighted by atomic mass is 32.2. The summed E-state index contributed by atoms with van der Waals surface area (Å²) in [5, 5.41) is 11.8. The molecule has 0 aliphatic rings. The molecule has 0 fully saturated rings. The first-order valence-corrected chi connectivity index (χ1v) is 10.1. The highest BCUT2D eigenvalue weighted by Gasteiger charge is 2.34. The Kier molecular flexibility index (Phi) is 6.53. The first-order valence-electron chi connectivity index (χ1n) is 9.07. The zero-order valence-electron chi connectivity index (χ0n) is 16.6. The molecule has 2 N–H and O–H groups in total. The van der Waals surface area contributed by atoms with Gasteiger partial charge in [0.15, 0.2) is 11.5 Å². The molecule has 0 unspecified atom stereocenters. The summed E-state index contributed by atoms with van der Waals surface area (Å²) in [6.07, 6.45) is -8.48. The van der Waals surface area contributed by atoms with E-state index < -0.39 is 29.5 Å². The number of alkyl halides is 6. The van der Waals surface area contributed by atoms with Crippen molar-refractivity contribution in [3.63, 3.8) is 0 Å². The van der Waals surface area contributed by atoms with Crippen molar-refractivity contribution in [2.75, 3.05) is 23.4 Å². The molecule has 3 heterocycles. The molecule has 0 bridgehead atoms. The minimum absolute atomic E-state index is 0.000533. The lowest BCUT2D eigenvalue weighted by Gasteiger charge is -2.12. The smallest absolute Gasteiger partial charge is 0.370 e. The fourth-order valence-electron chi connectivity index (χ4n) is 2.81. The van der Waals surface area contributed by atoms with Gasteiger partial charge in [-0.15, -0.1) is 22.0 Å². The number of carbonyl (C=O) groups is 1. The predicted molar refractivity (Wildman–Crippen MR) is 106 cm³/mol. The third-order valence-electron chi connectivity index (χ3n) is 4.18. The number of carbonyl (C=O) groups excluding carboxylic acids is 1. The van der Waals surface area contributed by atoms with Crippen LogP contribution in [0.4, 0.5) is 37.8 Å². The van der Waals surface area contributed by atoms with Gasteiger partial charge in [0, 0.05) is 13.2 Å². The van der Waals surface area contributed by atoms with Crippen LogP contribution < -0.4 is 10.6 Å². The van der Waals surface area contributed by atoms with Gasteiger partial charge in [0.05, 0.1) is 23.4 Å². The predicted octanol–water partition coefficient (Wildman–Crippen LogP) is 4.50. The summed E-state index contributed by atoms with van der Waals surface area (Å²) < 4.78 is 79.2. The van der Waals surface area contributed by atoms with E-state index in [1.807, 2.05) is 6.92 Å². The van der Waals surface area contributed by atoms with Crippen LogP contribution in [0.1, 0.15) is 23.9 Å². The molecule has 0 saturated carbocycles. The highest BCUT2D eigenvalue weighted by Crippen LogP contribution is 2.33. The van der Waals surface area contributed by atoms with E-state index in [0.29, 0.717) is 16.8 Å². The molecule has 7 nitrogen and oxygen atoms in total. The zero-order chi connectivity index (χ0) is 23.7. The summed E-state index contributed by atoms with van der Waals surface area (Å²) in [4.78, 5) is 16.7. The van der Waals surface area contributed by atoms with Gasteiger partial charge in [-0.1, -0.05) is 6.92 Å². The minimum Gasteiger partial charge on any atom is -0.370 e. The van der Waals surface area contributed by atoms with Crippen LogP contribution in [-0.2, 0) is 23.6 Å². The summed E-state index contributed by atoms with van der Waals surface area (Å²) in [6.45, 7) is 1.82. The molecular formula is C18H16F6N6OS. The molecule has 3 aromatic heterocycles. The first kappa shape index (κ1) is 23.6. The summed E-state index contributed by atoms with van der Waals surface area (Å²) in [5.74, 6) is -0.254. The summed E-state index contributed by atoms with van der Waals surface area (Å²) >= 11 is 1.27. The zero-order valence-corrected chi connectivity index (χ0v) is 17.4. The molecule has 0 atom stereocenters. The second kappa shape index (κ2) is 8.84. The van der Waals surface area contributed by atoms with Crippen LogP contribution in [-0.4, -0.2) is 38.3 Å². The van der Waals surface area contributed by atoms with Crippen LogP contribution in [0.5, 0.6) is 0 Å². The monoisotopic (exact) mass is 478 g/mol. The second-order valence-electron chi connectivity index (χ2n) is 6.40. The maximum atomic E-state index is 13.0. The topological polar surface area (TPSA) is 84.2 Å². The number of pyridine rings is 1. The lowest BCUT2D eigenvalue weighted by atomic mass is 10.2. The third kappa shape index (κ3) is 5.06. The lowest BCUT2D eigenvalue weighted by Crippen LogP contribution is -2.18. The highest BCUT2D eigenvalue weighted by molar-refractivity contribution is 7.99. The Hall–Kier alpha value is -3.03. The number of hydrogen-bond donors (Lipinski definition) is 2. The number of imidazole rings is 1. The van der Waals surface area contributed by atoms with Gasteiger partial charge in [-0.25, -0.2) is 4.98 Å². The Morgan fingerprint density at radius 3 is 2.44 bits per heavy atom. The number of halogens is 6. The standard InChI is InChI=1S/C18H16F6N6OS/c1-3-32-16-11(26-13-6-9(17(19,20)21)4-5-30(13)16)8-14(31)27-10-7-12(18(22,23)24)28-29-15(10)25-2/h4-7H,3,8H2,1-2H3,(H,25,29)(H,27,28,31). The molecule has 0 aliphatic heterocycles. The average Bonchev–Trinajstić information content (AvgIpc) is 3.03. The van der Waals surface area contributed by atoms with Gasteiger partial charge in [-0.3, -0.25) is 9.20 Å². The maximum absolute atomic E-state index is 13.0. The number of hydrogen-bond acceptors (Lipinski definition) is 6. The minimum atomic E-state index is -4.76. The Balaban J connectivity index is 1.92. The number of fused-ring (bicyclic) bond motifs is 1. The summed E-state index contributed by atoms with van der Waals surface area (Å²) in [5.41, 5.74) is -2.23. The van der Waals surface area contributed by atoms with Crippen molar-refractivity contribution in [2.45, 2.75) is 30.7 Å². The van der Waals surface area contributed by atoms with Crippen molar-refractivity contribution in [1.82, 2.24) is 19.6 Å². The first-order chi connectivity index (χ1) is 14.9. The normalized spacial score (nSPS) is 12.2. The van der Waals surface area contributed by atoms with E-state index in [-0.39, 0.29) is 29.3 Å². The van der Waals surface area contributed by atoms with Crippen molar-refractivity contribution in [2.24, 2.45) is 0 Å². The molecule has 172 valence electrons. The number of rotatable bonds is 6. The fourth-order valence-corrected chi connectivity index (χ4v) is 3.66. The number of nitrogens with one attached hydrogen (secondary N) is 2. The number of aromatic nitrogens is 4. The number of thioether (sulfide) groups is 1. The average molecular weight is 478 g/mol. The van der Waals surface area contributed by atoms with Crippen LogP contribution >= 0.6 is 11.8 Å². The van der Waals surface area contributed by atoms with Gasteiger partial charge >= 0.3 is 12.4 Å². The maximum Gasteiger partial charge on any atom is 0.435 e. The molecule has 0 aliphatic carbocycles. The van der Waals surface area contributed by atoms with Gasteiger partial charge in [-0.2, -0.15) is 26.3 Å². The van der Waals surface area contributed by atoms with Crippen molar-refractivity contribution < 1.29 is 31.1 Å². The molecule has 0 spiro atoms. The van der Waals surface area contributed by atoms with Gasteiger partial charge in [0.1, 0.15) is 10.7 Å². The van der Waals surface area contributed by atoms with Crippen molar-refractivity contribution in [3.8, 4) is 0 Å².